The first-order chi connectivity index (χ1) is 8.91. The van der Waals surface area contributed by atoms with E-state index in [1.54, 1.807) is 18.2 Å². The van der Waals surface area contributed by atoms with Gasteiger partial charge >= 0.3 is 5.97 Å². The third-order valence-electron chi connectivity index (χ3n) is 2.26. The number of carbonyl (C=O) groups excluding carboxylic acids is 2. The van der Waals surface area contributed by atoms with Gasteiger partial charge in [-0.2, -0.15) is 0 Å². The second-order valence-corrected chi connectivity index (χ2v) is 5.11. The molecule has 0 aliphatic heterocycles. The Kier molecular flexibility index (Phi) is 5.82. The number of nitrogens with one attached hydrogen (secondary N) is 1. The van der Waals surface area contributed by atoms with Crippen LogP contribution in [0, 0.1) is 0 Å². The predicted octanol–water partition coefficient (Wildman–Crippen LogP) is 2.10. The highest BCUT2D eigenvalue weighted by Gasteiger charge is 2.13. The van der Waals surface area contributed by atoms with E-state index in [1.807, 2.05) is 13.8 Å². The molecule has 1 aromatic rings. The van der Waals surface area contributed by atoms with Gasteiger partial charge in [0.2, 0.25) is 5.91 Å². The molecule has 19 heavy (non-hydrogen) atoms. The van der Waals surface area contributed by atoms with Gasteiger partial charge in [0.15, 0.2) is 0 Å². The van der Waals surface area contributed by atoms with Gasteiger partial charge in [-0.05, 0) is 41.9 Å². The van der Waals surface area contributed by atoms with Gasteiger partial charge < -0.3 is 15.8 Å². The normalized spacial score (nSPS) is 10.3. The number of halogens is 1. The van der Waals surface area contributed by atoms with Crippen molar-refractivity contribution in [2.75, 3.05) is 12.3 Å². The number of hydrogen-bond acceptors (Lipinski definition) is 4. The van der Waals surface area contributed by atoms with Crippen LogP contribution in [0.1, 0.15) is 30.6 Å². The Bertz CT molecular complexity index is 475. The third kappa shape index (κ3) is 4.90. The van der Waals surface area contributed by atoms with Gasteiger partial charge in [0, 0.05) is 11.7 Å². The molecule has 104 valence electrons. The topological polar surface area (TPSA) is 81.4 Å². The molecule has 0 saturated carbocycles. The molecule has 6 heteroatoms. The number of hydrogen-bond donors (Lipinski definition) is 2. The Morgan fingerprint density at radius 2 is 2.11 bits per heavy atom. The van der Waals surface area contributed by atoms with Crippen LogP contribution in [0.3, 0.4) is 0 Å². The standard InChI is InChI=1S/C13H17BrN2O3/c1-8(2)16-11(17)6-7-19-13(18)9-4-3-5-10(15)12(9)14/h3-5,8H,6-7,15H2,1-2H3,(H,16,17). The zero-order valence-electron chi connectivity index (χ0n) is 10.9. The van der Waals surface area contributed by atoms with Crippen LogP contribution in [0.4, 0.5) is 5.69 Å². The number of esters is 1. The molecule has 0 fully saturated rings. The Balaban J connectivity index is 2.48. The summed E-state index contributed by atoms with van der Waals surface area (Å²) in [5, 5.41) is 2.72. The van der Waals surface area contributed by atoms with Gasteiger partial charge in [-0.25, -0.2) is 4.79 Å². The molecule has 1 rings (SSSR count). The lowest BCUT2D eigenvalue weighted by molar-refractivity contribution is -0.122. The zero-order valence-corrected chi connectivity index (χ0v) is 12.5. The Labute approximate surface area is 120 Å². The minimum Gasteiger partial charge on any atom is -0.462 e. The molecule has 3 N–H and O–H groups in total. The molecule has 0 aliphatic carbocycles. The van der Waals surface area contributed by atoms with Crippen molar-refractivity contribution in [3.8, 4) is 0 Å². The van der Waals surface area contributed by atoms with Crippen LogP contribution in [0.25, 0.3) is 0 Å². The lowest BCUT2D eigenvalue weighted by Gasteiger charge is -2.09. The number of benzene rings is 1. The van der Waals surface area contributed by atoms with E-state index < -0.39 is 5.97 Å². The molecule has 1 amide bonds. The smallest absolute Gasteiger partial charge is 0.339 e. The second-order valence-electron chi connectivity index (χ2n) is 4.32. The summed E-state index contributed by atoms with van der Waals surface area (Å²) in [5.41, 5.74) is 6.49. The van der Waals surface area contributed by atoms with E-state index >= 15 is 0 Å². The van der Waals surface area contributed by atoms with E-state index in [-0.39, 0.29) is 25.0 Å². The summed E-state index contributed by atoms with van der Waals surface area (Å²) in [5.74, 6) is -0.647. The Morgan fingerprint density at radius 3 is 2.74 bits per heavy atom. The average molecular weight is 329 g/mol. The molecule has 0 spiro atoms. The highest BCUT2D eigenvalue weighted by atomic mass is 79.9. The number of anilines is 1. The molecule has 0 aliphatic rings. The predicted molar refractivity (Wildman–Crippen MR) is 76.7 cm³/mol. The second kappa shape index (κ2) is 7.13. The number of carbonyl (C=O) groups is 2. The quantitative estimate of drug-likeness (QED) is 0.640. The molecule has 0 radical (unpaired) electrons. The molecule has 0 aromatic heterocycles. The van der Waals surface area contributed by atoms with Crippen molar-refractivity contribution >= 4 is 33.5 Å². The van der Waals surface area contributed by atoms with E-state index in [0.29, 0.717) is 15.7 Å². The maximum absolute atomic E-state index is 11.8. The number of nitrogens with two attached hydrogens (primary N) is 1. The summed E-state index contributed by atoms with van der Waals surface area (Å²) in [4.78, 5) is 23.1. The molecule has 5 nitrogen and oxygen atoms in total. The summed E-state index contributed by atoms with van der Waals surface area (Å²) in [6.45, 7) is 3.78. The van der Waals surface area contributed by atoms with Crippen LogP contribution in [-0.4, -0.2) is 24.5 Å². The highest BCUT2D eigenvalue weighted by Crippen LogP contribution is 2.24. The van der Waals surface area contributed by atoms with Crippen LogP contribution in [0.15, 0.2) is 22.7 Å². The number of rotatable bonds is 5. The summed E-state index contributed by atoms with van der Waals surface area (Å²) in [6, 6.07) is 5.03. The molecule has 0 atom stereocenters. The van der Waals surface area contributed by atoms with E-state index in [9.17, 15) is 9.59 Å². The molecule has 0 saturated heterocycles. The van der Waals surface area contributed by atoms with E-state index in [0.717, 1.165) is 0 Å². The number of amides is 1. The summed E-state index contributed by atoms with van der Waals surface area (Å²) in [7, 11) is 0. The first-order valence-electron chi connectivity index (χ1n) is 5.92. The number of ether oxygens (including phenoxy) is 1. The van der Waals surface area contributed by atoms with E-state index in [4.69, 9.17) is 10.5 Å². The molecule has 1 aromatic carbocycles. The van der Waals surface area contributed by atoms with E-state index in [1.165, 1.54) is 0 Å². The van der Waals surface area contributed by atoms with Gasteiger partial charge in [-0.15, -0.1) is 0 Å². The van der Waals surface area contributed by atoms with Gasteiger partial charge in [-0.3, -0.25) is 4.79 Å². The van der Waals surface area contributed by atoms with Crippen LogP contribution in [0.2, 0.25) is 0 Å². The third-order valence-corrected chi connectivity index (χ3v) is 3.15. The van der Waals surface area contributed by atoms with Crippen molar-refractivity contribution < 1.29 is 14.3 Å². The molecule has 0 bridgehead atoms. The SMILES string of the molecule is CC(C)NC(=O)CCOC(=O)c1cccc(N)c1Br. The van der Waals surface area contributed by atoms with Crippen molar-refractivity contribution in [3.05, 3.63) is 28.2 Å². The van der Waals surface area contributed by atoms with E-state index in [2.05, 4.69) is 21.2 Å². The Hall–Kier alpha value is -1.56. The van der Waals surface area contributed by atoms with Crippen LogP contribution < -0.4 is 11.1 Å². The van der Waals surface area contributed by atoms with Crippen molar-refractivity contribution in [2.45, 2.75) is 26.3 Å². The van der Waals surface area contributed by atoms with Crippen molar-refractivity contribution in [3.63, 3.8) is 0 Å². The minimum atomic E-state index is -0.503. The first kappa shape index (κ1) is 15.5. The molecule has 0 unspecified atom stereocenters. The van der Waals surface area contributed by atoms with Crippen molar-refractivity contribution in [2.24, 2.45) is 0 Å². The van der Waals surface area contributed by atoms with Crippen LogP contribution >= 0.6 is 15.9 Å². The Morgan fingerprint density at radius 1 is 1.42 bits per heavy atom. The average Bonchev–Trinajstić information content (AvgIpc) is 2.31. The summed E-state index contributed by atoms with van der Waals surface area (Å²) < 4.78 is 5.54. The maximum Gasteiger partial charge on any atom is 0.339 e. The van der Waals surface area contributed by atoms with Crippen molar-refractivity contribution in [1.29, 1.82) is 0 Å². The maximum atomic E-state index is 11.8. The number of nitrogen functional groups attached to an aromatic ring is 1. The van der Waals surface area contributed by atoms with Gasteiger partial charge in [0.1, 0.15) is 6.61 Å². The van der Waals surface area contributed by atoms with Gasteiger partial charge in [0.25, 0.3) is 0 Å². The lowest BCUT2D eigenvalue weighted by Crippen LogP contribution is -2.31. The zero-order chi connectivity index (χ0) is 14.4. The first-order valence-corrected chi connectivity index (χ1v) is 6.71. The van der Waals surface area contributed by atoms with Crippen LogP contribution in [0.5, 0.6) is 0 Å². The molecular weight excluding hydrogens is 312 g/mol. The van der Waals surface area contributed by atoms with Gasteiger partial charge in [0.05, 0.1) is 16.5 Å². The summed E-state index contributed by atoms with van der Waals surface area (Å²) >= 11 is 3.23. The van der Waals surface area contributed by atoms with Gasteiger partial charge in [-0.1, -0.05) is 6.07 Å². The fraction of sp³-hybridized carbons (Fsp3) is 0.385. The highest BCUT2D eigenvalue weighted by molar-refractivity contribution is 9.10. The minimum absolute atomic E-state index is 0.0403. The monoisotopic (exact) mass is 328 g/mol. The molecule has 0 heterocycles. The van der Waals surface area contributed by atoms with Crippen molar-refractivity contribution in [1.82, 2.24) is 5.32 Å². The summed E-state index contributed by atoms with van der Waals surface area (Å²) in [6.07, 6.45) is 0.143. The lowest BCUT2D eigenvalue weighted by atomic mass is 10.2. The van der Waals surface area contributed by atoms with Crippen LogP contribution in [-0.2, 0) is 9.53 Å². The fourth-order valence-corrected chi connectivity index (χ4v) is 1.84. The fourth-order valence-electron chi connectivity index (χ4n) is 1.42. The molecular formula is C13H17BrN2O3. The largest absolute Gasteiger partial charge is 0.462 e.